The zero-order valence-electron chi connectivity index (χ0n) is 16.2. The molecule has 144 valence electrons. The Balaban J connectivity index is 1.77. The summed E-state index contributed by atoms with van der Waals surface area (Å²) in [6.45, 7) is 2.10. The van der Waals surface area contributed by atoms with Crippen molar-refractivity contribution in [3.05, 3.63) is 84.2 Å². The van der Waals surface area contributed by atoms with Crippen LogP contribution in [0.2, 0.25) is 0 Å². The highest BCUT2D eigenvalue weighted by atomic mass is 16.2. The number of rotatable bonds is 8. The maximum absolute atomic E-state index is 13.2. The topological polar surface area (TPSA) is 61.4 Å². The summed E-state index contributed by atoms with van der Waals surface area (Å²) in [5, 5.41) is 3.15. The van der Waals surface area contributed by atoms with E-state index in [9.17, 15) is 4.79 Å². The van der Waals surface area contributed by atoms with Gasteiger partial charge in [-0.05, 0) is 31.8 Å². The smallest absolute Gasteiger partial charge is 0.261 e. The zero-order chi connectivity index (χ0) is 19.8. The minimum Gasteiger partial charge on any atom is -0.353 e. The summed E-state index contributed by atoms with van der Waals surface area (Å²) in [4.78, 5) is 25.6. The molecule has 1 aromatic heterocycles. The van der Waals surface area contributed by atoms with Crippen molar-refractivity contribution in [2.24, 2.45) is 0 Å². The molecule has 2 aromatic carbocycles. The number of aromatic nitrogens is 2. The SMILES string of the molecule is CN(C)CCNc1ncc(C(=O)N(Cc2ccccc2)c2ccccc2)cn1. The molecule has 1 amide bonds. The number of hydrogen-bond acceptors (Lipinski definition) is 5. The van der Waals surface area contributed by atoms with Gasteiger partial charge in [-0.3, -0.25) is 4.79 Å². The summed E-state index contributed by atoms with van der Waals surface area (Å²) in [5.74, 6) is 0.391. The molecule has 0 bridgehead atoms. The molecular formula is C22H25N5O. The van der Waals surface area contributed by atoms with Gasteiger partial charge in [0.15, 0.2) is 0 Å². The molecule has 0 spiro atoms. The molecule has 0 aliphatic rings. The van der Waals surface area contributed by atoms with Crippen LogP contribution in [0.3, 0.4) is 0 Å². The lowest BCUT2D eigenvalue weighted by atomic mass is 10.1. The second-order valence-electron chi connectivity index (χ2n) is 6.74. The van der Waals surface area contributed by atoms with Gasteiger partial charge in [-0.15, -0.1) is 0 Å². The summed E-state index contributed by atoms with van der Waals surface area (Å²) in [6.07, 6.45) is 3.16. The van der Waals surface area contributed by atoms with Crippen LogP contribution in [0.5, 0.6) is 0 Å². The van der Waals surface area contributed by atoms with E-state index in [0.717, 1.165) is 24.3 Å². The van der Waals surface area contributed by atoms with Gasteiger partial charge in [-0.25, -0.2) is 9.97 Å². The molecule has 1 heterocycles. The largest absolute Gasteiger partial charge is 0.353 e. The van der Waals surface area contributed by atoms with Gasteiger partial charge >= 0.3 is 0 Å². The highest BCUT2D eigenvalue weighted by Crippen LogP contribution is 2.19. The van der Waals surface area contributed by atoms with Crippen LogP contribution in [0, 0.1) is 0 Å². The summed E-state index contributed by atoms with van der Waals surface area (Å²) >= 11 is 0. The molecule has 0 aliphatic heterocycles. The third-order valence-electron chi connectivity index (χ3n) is 4.24. The number of nitrogens with one attached hydrogen (secondary N) is 1. The summed E-state index contributed by atoms with van der Waals surface area (Å²) in [5.41, 5.74) is 2.35. The summed E-state index contributed by atoms with van der Waals surface area (Å²) < 4.78 is 0. The average molecular weight is 375 g/mol. The Morgan fingerprint density at radius 2 is 1.54 bits per heavy atom. The number of anilines is 2. The quantitative estimate of drug-likeness (QED) is 0.655. The first-order valence-corrected chi connectivity index (χ1v) is 9.25. The van der Waals surface area contributed by atoms with E-state index in [1.807, 2.05) is 74.8 Å². The average Bonchev–Trinajstić information content (AvgIpc) is 2.73. The molecule has 6 heteroatoms. The van der Waals surface area contributed by atoms with Crippen LogP contribution in [-0.4, -0.2) is 48.0 Å². The van der Waals surface area contributed by atoms with E-state index >= 15 is 0 Å². The lowest BCUT2D eigenvalue weighted by molar-refractivity contribution is 0.0984. The Hall–Kier alpha value is -3.25. The van der Waals surface area contributed by atoms with Gasteiger partial charge in [0, 0.05) is 31.2 Å². The van der Waals surface area contributed by atoms with E-state index in [2.05, 4.69) is 20.2 Å². The zero-order valence-corrected chi connectivity index (χ0v) is 16.2. The van der Waals surface area contributed by atoms with Gasteiger partial charge < -0.3 is 15.1 Å². The van der Waals surface area contributed by atoms with Crippen molar-refractivity contribution >= 4 is 17.5 Å². The van der Waals surface area contributed by atoms with Crippen LogP contribution in [-0.2, 0) is 6.54 Å². The molecular weight excluding hydrogens is 350 g/mol. The number of nitrogens with zero attached hydrogens (tertiary/aromatic N) is 4. The van der Waals surface area contributed by atoms with Crippen LogP contribution >= 0.6 is 0 Å². The normalized spacial score (nSPS) is 10.7. The molecule has 28 heavy (non-hydrogen) atoms. The second-order valence-corrected chi connectivity index (χ2v) is 6.74. The predicted octanol–water partition coefficient (Wildman–Crippen LogP) is 3.30. The van der Waals surface area contributed by atoms with Crippen molar-refractivity contribution in [2.45, 2.75) is 6.54 Å². The van der Waals surface area contributed by atoms with Gasteiger partial charge in [-0.2, -0.15) is 0 Å². The van der Waals surface area contributed by atoms with Crippen LogP contribution in [0.4, 0.5) is 11.6 Å². The summed E-state index contributed by atoms with van der Waals surface area (Å²) in [6, 6.07) is 19.6. The highest BCUT2D eigenvalue weighted by molar-refractivity contribution is 6.05. The predicted molar refractivity (Wildman–Crippen MR) is 112 cm³/mol. The van der Waals surface area contributed by atoms with E-state index in [4.69, 9.17) is 0 Å². The van der Waals surface area contributed by atoms with Crippen molar-refractivity contribution < 1.29 is 4.79 Å². The highest BCUT2D eigenvalue weighted by Gasteiger charge is 2.19. The molecule has 0 unspecified atom stereocenters. The first-order valence-electron chi connectivity index (χ1n) is 9.25. The molecule has 3 aromatic rings. The number of benzene rings is 2. The van der Waals surface area contributed by atoms with E-state index < -0.39 is 0 Å². The second kappa shape index (κ2) is 9.62. The monoisotopic (exact) mass is 375 g/mol. The summed E-state index contributed by atoms with van der Waals surface area (Å²) in [7, 11) is 4.02. The van der Waals surface area contributed by atoms with Gasteiger partial charge in [-0.1, -0.05) is 48.5 Å². The number of amides is 1. The Labute approximate surface area is 165 Å². The number of likely N-dealkylation sites (N-methyl/N-ethyl adjacent to an activating group) is 1. The number of hydrogen-bond donors (Lipinski definition) is 1. The Kier molecular flexibility index (Phi) is 6.70. The molecule has 0 aliphatic carbocycles. The fourth-order valence-corrected chi connectivity index (χ4v) is 2.73. The Bertz CT molecular complexity index is 866. The van der Waals surface area contributed by atoms with E-state index in [-0.39, 0.29) is 5.91 Å². The van der Waals surface area contributed by atoms with Crippen LogP contribution < -0.4 is 10.2 Å². The molecule has 6 nitrogen and oxygen atoms in total. The standard InChI is InChI=1S/C22H25N5O/c1-26(2)14-13-23-22-24-15-19(16-25-22)21(28)27(20-11-7-4-8-12-20)17-18-9-5-3-6-10-18/h3-12,15-16H,13-14,17H2,1-2H3,(H,23,24,25). The third kappa shape index (κ3) is 5.37. The minimum atomic E-state index is -0.130. The number of carbonyl (C=O) groups excluding carboxylic acids is 1. The molecule has 0 saturated heterocycles. The van der Waals surface area contributed by atoms with Crippen molar-refractivity contribution in [1.82, 2.24) is 14.9 Å². The lowest BCUT2D eigenvalue weighted by Crippen LogP contribution is -2.30. The third-order valence-corrected chi connectivity index (χ3v) is 4.24. The van der Waals surface area contributed by atoms with E-state index in [1.165, 1.54) is 0 Å². The maximum atomic E-state index is 13.2. The van der Waals surface area contributed by atoms with Crippen molar-refractivity contribution in [3.8, 4) is 0 Å². The van der Waals surface area contributed by atoms with Crippen LogP contribution in [0.1, 0.15) is 15.9 Å². The number of para-hydroxylation sites is 1. The van der Waals surface area contributed by atoms with Crippen LogP contribution in [0.15, 0.2) is 73.1 Å². The Morgan fingerprint density at radius 3 is 2.14 bits per heavy atom. The molecule has 3 rings (SSSR count). The molecule has 0 fully saturated rings. The van der Waals surface area contributed by atoms with Gasteiger partial charge in [0.05, 0.1) is 12.1 Å². The Morgan fingerprint density at radius 1 is 0.929 bits per heavy atom. The van der Waals surface area contributed by atoms with Crippen LogP contribution in [0.25, 0.3) is 0 Å². The van der Waals surface area contributed by atoms with Crippen molar-refractivity contribution in [1.29, 1.82) is 0 Å². The maximum Gasteiger partial charge on any atom is 0.261 e. The molecule has 0 atom stereocenters. The van der Waals surface area contributed by atoms with Crippen molar-refractivity contribution in [2.75, 3.05) is 37.4 Å². The van der Waals surface area contributed by atoms with Gasteiger partial charge in [0.2, 0.25) is 5.95 Å². The molecule has 0 radical (unpaired) electrons. The van der Waals surface area contributed by atoms with E-state index in [1.54, 1.807) is 17.3 Å². The van der Waals surface area contributed by atoms with E-state index in [0.29, 0.717) is 18.1 Å². The molecule has 1 N–H and O–H groups in total. The lowest BCUT2D eigenvalue weighted by Gasteiger charge is -2.23. The fourth-order valence-electron chi connectivity index (χ4n) is 2.73. The van der Waals surface area contributed by atoms with Crippen molar-refractivity contribution in [3.63, 3.8) is 0 Å². The first-order chi connectivity index (χ1) is 13.6. The minimum absolute atomic E-state index is 0.130. The molecule has 0 saturated carbocycles. The number of carbonyl (C=O) groups is 1. The fraction of sp³-hybridized carbons (Fsp3) is 0.227. The first kappa shape index (κ1) is 19.5. The van der Waals surface area contributed by atoms with Gasteiger partial charge in [0.1, 0.15) is 0 Å². The van der Waals surface area contributed by atoms with Gasteiger partial charge in [0.25, 0.3) is 5.91 Å².